The molecule has 0 saturated heterocycles. The Labute approximate surface area is 904 Å². The molecule has 0 nitrogen and oxygen atoms in total. The molecule has 708 valence electrons. The number of benzene rings is 18. The molecule has 0 atom stereocenters. The second-order valence-electron chi connectivity index (χ2n) is 34.5. The van der Waals surface area contributed by atoms with Gasteiger partial charge in [-0.05, 0) is 0 Å². The van der Waals surface area contributed by atoms with Gasteiger partial charge >= 0.3 is 919 Å². The van der Waals surface area contributed by atoms with Crippen LogP contribution in [0.2, 0.25) is 0 Å². The first kappa shape index (κ1) is 110. The van der Waals surface area contributed by atoms with Crippen LogP contribution >= 0.6 is 124 Å². The van der Waals surface area contributed by atoms with Gasteiger partial charge < -0.3 is 0 Å². The van der Waals surface area contributed by atoms with Gasteiger partial charge in [-0.3, -0.25) is 0 Å². The quantitative estimate of drug-likeness (QED) is 0.0593. The molecule has 16 heteroatoms. The first-order valence-corrected chi connectivity index (χ1v) is 108. The van der Waals surface area contributed by atoms with Crippen LogP contribution in [0.15, 0.2) is 437 Å². The molecule has 0 fully saturated rings. The van der Waals surface area contributed by atoms with Crippen molar-refractivity contribution in [3.8, 4) is 44.5 Å². The normalized spacial score (nSPS) is 12.2. The Balaban J connectivity index is 0.000000142. The molecule has 0 spiro atoms. The van der Waals surface area contributed by atoms with Crippen molar-refractivity contribution in [1.82, 2.24) is 0 Å². The van der Waals surface area contributed by atoms with E-state index in [9.17, 15) is 0 Å². The fourth-order valence-corrected chi connectivity index (χ4v) is 68.6. The zero-order valence-electron chi connectivity index (χ0n) is 79.8. The van der Waals surface area contributed by atoms with Crippen molar-refractivity contribution in [2.45, 2.75) is 96.9 Å². The van der Waals surface area contributed by atoms with Crippen LogP contribution in [0.4, 0.5) is 0 Å². The minimum atomic E-state index is -3.53. The van der Waals surface area contributed by atoms with E-state index < -0.39 is 87.9 Å². The Kier molecular flexibility index (Phi) is 40.9. The van der Waals surface area contributed by atoms with E-state index in [1.54, 1.807) is 0 Å². The van der Waals surface area contributed by atoms with Gasteiger partial charge in [0.1, 0.15) is 0 Å². The number of aryl methyl sites for hydroxylation is 14. The maximum absolute atomic E-state index is 7.17. The molecular weight excluding hydrogens is 2950 g/mol. The van der Waals surface area contributed by atoms with E-state index in [1.165, 1.54) is 159 Å². The van der Waals surface area contributed by atoms with Crippen LogP contribution in [-0.2, 0) is 0 Å². The summed E-state index contributed by atoms with van der Waals surface area (Å²) in [6.07, 6.45) is 0. The van der Waals surface area contributed by atoms with Crippen LogP contribution in [0.25, 0.3) is 44.5 Å². The average Bonchev–Trinajstić information content (AvgIpc) is 0.783. The summed E-state index contributed by atoms with van der Waals surface area (Å²) >= 11 is 6.56. The predicted molar refractivity (Wildman–Crippen MR) is 655 cm³/mol. The molecule has 0 radical (unpaired) electrons. The number of rotatable bonds is 18. The van der Waals surface area contributed by atoms with Gasteiger partial charge in [0.05, 0.1) is 0 Å². The summed E-state index contributed by atoms with van der Waals surface area (Å²) in [6.45, 7) is 29.9. The predicted octanol–water partition coefficient (Wildman–Crippen LogP) is 28.7. The van der Waals surface area contributed by atoms with Gasteiger partial charge in [0, 0.05) is 0 Å². The molecule has 0 aliphatic carbocycles. The summed E-state index contributed by atoms with van der Waals surface area (Å²) in [6, 6.07) is 158. The molecule has 0 aromatic heterocycles. The standard InChI is InChI=1S/C28H28Te.C26H22Br2Te.C26H22Cl2Te.C14H14Br2Te.C14H14Cl2Te.C14H14I2Te/c1-21-5-13-25(14-6-21)29(26-15-7-22(2)8-16-26,27-17-9-23(3)10-18-27)28-19-11-24(4)12-20-28;2*1-19-13-15-23(17-25(19)21-9-5-3-6-10-21)29(27,28)24-16-14-20(2)26(18-24)22-11-7-4-8-12-22;3*1-11-3-7-13(8-4-11)17(15,16)14-9-5-12(2)6-10-14/h5-20H,1-4H3;2*3-18H,1-2H3;3*3-10H,1-2H3. The molecule has 0 heterocycles. The molecule has 0 aliphatic heterocycles. The minimum absolute atomic E-state index is 1.06. The summed E-state index contributed by atoms with van der Waals surface area (Å²) in [5.74, 6) is 0. The van der Waals surface area contributed by atoms with Crippen LogP contribution in [0.3, 0.4) is 0 Å². The van der Waals surface area contributed by atoms with Crippen molar-refractivity contribution in [3.63, 3.8) is 0 Å². The van der Waals surface area contributed by atoms with Crippen molar-refractivity contribution in [2.75, 3.05) is 0 Å². The van der Waals surface area contributed by atoms with E-state index in [2.05, 4.69) is 610 Å². The first-order chi connectivity index (χ1) is 65.9. The third-order valence-electron chi connectivity index (χ3n) is 23.8. The van der Waals surface area contributed by atoms with Crippen LogP contribution in [0.1, 0.15) is 77.9 Å². The van der Waals surface area contributed by atoms with E-state index in [1.807, 2.05) is 12.1 Å². The number of halogens is 10. The van der Waals surface area contributed by atoms with E-state index in [0.717, 1.165) is 14.4 Å². The van der Waals surface area contributed by atoms with Gasteiger partial charge in [0.2, 0.25) is 0 Å². The summed E-state index contributed by atoms with van der Waals surface area (Å²) in [5.41, 5.74) is 27.9. The molecule has 18 aromatic rings. The molecule has 0 bridgehead atoms. The zero-order chi connectivity index (χ0) is 98.7. The Morgan fingerprint density at radius 3 is 0.529 bits per heavy atom. The summed E-state index contributed by atoms with van der Waals surface area (Å²) in [4.78, 5) is 0. The van der Waals surface area contributed by atoms with Gasteiger partial charge in [-0.1, -0.05) is 0 Å². The number of hydrogen-bond donors (Lipinski definition) is 0. The molecule has 18 aromatic carbocycles. The fourth-order valence-electron chi connectivity index (χ4n) is 15.5. The third kappa shape index (κ3) is 28.5. The monoisotopic (exact) mass is 3070 g/mol. The van der Waals surface area contributed by atoms with E-state index in [-0.39, 0.29) is 0 Å². The van der Waals surface area contributed by atoms with Crippen LogP contribution in [0.5, 0.6) is 0 Å². The Morgan fingerprint density at radius 1 is 0.167 bits per heavy atom. The Morgan fingerprint density at radius 2 is 0.319 bits per heavy atom. The maximum atomic E-state index is 7.17. The molecule has 0 amide bonds. The van der Waals surface area contributed by atoms with Crippen molar-refractivity contribution in [1.29, 1.82) is 0 Å². The first-order valence-electron chi connectivity index (χ1n) is 45.2. The molecule has 138 heavy (non-hydrogen) atoms. The Bertz CT molecular complexity index is 6100. The van der Waals surface area contributed by atoms with Gasteiger partial charge in [0.15, 0.2) is 0 Å². The molecule has 0 saturated carbocycles. The van der Waals surface area contributed by atoms with E-state index in [0.29, 0.717) is 0 Å². The SMILES string of the molecule is Cc1ccc([Te](Br)(Br)c2ccc(C)c(-c3ccccc3)c2)cc1-c1ccccc1.Cc1ccc([Te](Br)(Br)c2ccc(C)cc2)cc1.Cc1ccc([Te](Cl)(Cl)c2ccc(C)c(-c3ccccc3)c2)cc1-c1ccccc1.Cc1ccc([Te](Cl)(Cl)c2ccc(C)cc2)cc1.Cc1ccc([Te](I)(I)c2ccc(C)cc2)cc1.Cc1ccc([Te](c2ccc(C)cc2)(c2ccc(C)cc2)c2ccc(C)cc2)cc1. The summed E-state index contributed by atoms with van der Waals surface area (Å²) < 4.78 is 18.8. The van der Waals surface area contributed by atoms with Crippen molar-refractivity contribution in [3.05, 3.63) is 515 Å². The average molecular weight is 3060 g/mol. The molecule has 0 aliphatic rings. The van der Waals surface area contributed by atoms with Crippen LogP contribution in [-0.4, -0.2) is 87.9 Å². The fraction of sp³-hybridized carbons (Fsp3) is 0.115. The summed E-state index contributed by atoms with van der Waals surface area (Å²) in [7, 11) is 25.5. The molecule has 18 rings (SSSR count). The topological polar surface area (TPSA) is 0 Å². The third-order valence-corrected chi connectivity index (χ3v) is 103. The van der Waals surface area contributed by atoms with Crippen molar-refractivity contribution >= 4 is 263 Å². The van der Waals surface area contributed by atoms with E-state index >= 15 is 0 Å². The van der Waals surface area contributed by atoms with Crippen molar-refractivity contribution in [2.24, 2.45) is 0 Å². The van der Waals surface area contributed by atoms with Gasteiger partial charge in [-0.15, -0.1) is 0 Å². The van der Waals surface area contributed by atoms with Crippen LogP contribution < -0.4 is 50.6 Å². The second kappa shape index (κ2) is 51.0. The Hall–Kier alpha value is -4.76. The zero-order valence-corrected chi connectivity index (χ0v) is 107. The number of hydrogen-bond acceptors (Lipinski definition) is 0. The van der Waals surface area contributed by atoms with Gasteiger partial charge in [-0.2, -0.15) is 0 Å². The molecule has 0 N–H and O–H groups in total. The summed E-state index contributed by atoms with van der Waals surface area (Å²) in [5, 5.41) is 0. The van der Waals surface area contributed by atoms with Gasteiger partial charge in [0.25, 0.3) is 0 Å². The van der Waals surface area contributed by atoms with Crippen LogP contribution in [0, 0.1) is 96.9 Å². The molecular formula is C122H114Br4Cl4I2Te6. The van der Waals surface area contributed by atoms with E-state index in [4.69, 9.17) is 35.9 Å². The second-order valence-corrected chi connectivity index (χ2v) is 151. The molecule has 0 unspecified atom stereocenters. The van der Waals surface area contributed by atoms with Gasteiger partial charge in [-0.25, -0.2) is 0 Å². The van der Waals surface area contributed by atoms with Crippen molar-refractivity contribution < 1.29 is 0 Å².